The predicted octanol–water partition coefficient (Wildman–Crippen LogP) is 1.24. The third kappa shape index (κ3) is 4.09. The Morgan fingerprint density at radius 1 is 1.29 bits per heavy atom. The molecule has 0 bridgehead atoms. The highest BCUT2D eigenvalue weighted by molar-refractivity contribution is 5.78. The second-order valence-electron chi connectivity index (χ2n) is 5.25. The highest BCUT2D eigenvalue weighted by Crippen LogP contribution is 2.10. The first-order chi connectivity index (χ1) is 6.49. The number of hydrogen-bond acceptors (Lipinski definition) is 2. The lowest BCUT2D eigenvalue weighted by Crippen LogP contribution is -2.38. The second kappa shape index (κ2) is 4.78. The van der Waals surface area contributed by atoms with Crippen molar-refractivity contribution in [1.29, 1.82) is 0 Å². The van der Waals surface area contributed by atoms with Crippen molar-refractivity contribution < 1.29 is 4.79 Å². The first-order valence-corrected chi connectivity index (χ1v) is 5.47. The summed E-state index contributed by atoms with van der Waals surface area (Å²) in [5, 5.41) is 3.21. The zero-order chi connectivity index (χ0) is 10.6. The van der Waals surface area contributed by atoms with Gasteiger partial charge in [0.25, 0.3) is 0 Å². The Hall–Kier alpha value is -0.570. The molecule has 0 spiro atoms. The number of nitrogens with zero attached hydrogens (tertiary/aromatic N) is 1. The normalized spacial score (nSPS) is 17.5. The van der Waals surface area contributed by atoms with E-state index in [0.717, 1.165) is 19.6 Å². The summed E-state index contributed by atoms with van der Waals surface area (Å²) in [7, 11) is 0. The van der Waals surface area contributed by atoms with Crippen molar-refractivity contribution in [1.82, 2.24) is 10.2 Å². The van der Waals surface area contributed by atoms with Crippen LogP contribution in [0, 0.1) is 5.41 Å². The molecular weight excluding hydrogens is 176 g/mol. The minimum atomic E-state index is 0.255. The maximum absolute atomic E-state index is 11.6. The van der Waals surface area contributed by atoms with Crippen LogP contribution >= 0.6 is 0 Å². The lowest BCUT2D eigenvalue weighted by molar-refractivity contribution is -0.129. The zero-order valence-corrected chi connectivity index (χ0v) is 9.60. The molecule has 1 aliphatic rings. The van der Waals surface area contributed by atoms with Gasteiger partial charge in [0.1, 0.15) is 0 Å². The van der Waals surface area contributed by atoms with Crippen LogP contribution in [0.1, 0.15) is 33.6 Å². The van der Waals surface area contributed by atoms with Crippen LogP contribution in [0.15, 0.2) is 0 Å². The number of likely N-dealkylation sites (tertiary alicyclic amines) is 1. The van der Waals surface area contributed by atoms with Gasteiger partial charge >= 0.3 is 0 Å². The summed E-state index contributed by atoms with van der Waals surface area (Å²) in [6, 6.07) is 0. The van der Waals surface area contributed by atoms with Gasteiger partial charge in [0.05, 0.1) is 6.54 Å². The summed E-state index contributed by atoms with van der Waals surface area (Å²) in [5.74, 6) is 0.256. The molecule has 0 aromatic carbocycles. The van der Waals surface area contributed by atoms with Crippen LogP contribution in [-0.2, 0) is 4.79 Å². The maximum atomic E-state index is 11.6. The number of carbonyl (C=O) groups is 1. The molecule has 0 unspecified atom stereocenters. The highest BCUT2D eigenvalue weighted by Gasteiger charge is 2.18. The van der Waals surface area contributed by atoms with Crippen LogP contribution in [0.4, 0.5) is 0 Å². The van der Waals surface area contributed by atoms with Gasteiger partial charge in [-0.2, -0.15) is 0 Å². The molecule has 82 valence electrons. The fourth-order valence-electron chi connectivity index (χ4n) is 1.62. The topological polar surface area (TPSA) is 32.3 Å². The molecule has 1 saturated heterocycles. The summed E-state index contributed by atoms with van der Waals surface area (Å²) in [6.45, 7) is 9.80. The maximum Gasteiger partial charge on any atom is 0.236 e. The average Bonchev–Trinajstić information content (AvgIpc) is 2.53. The van der Waals surface area contributed by atoms with Gasteiger partial charge in [-0.15, -0.1) is 0 Å². The Bertz CT molecular complexity index is 190. The van der Waals surface area contributed by atoms with E-state index in [4.69, 9.17) is 0 Å². The van der Waals surface area contributed by atoms with Crippen molar-refractivity contribution in [2.75, 3.05) is 26.2 Å². The van der Waals surface area contributed by atoms with Crippen molar-refractivity contribution in [2.45, 2.75) is 33.6 Å². The van der Waals surface area contributed by atoms with Gasteiger partial charge < -0.3 is 10.2 Å². The molecule has 1 aliphatic heterocycles. The van der Waals surface area contributed by atoms with Gasteiger partial charge in [0.2, 0.25) is 5.91 Å². The van der Waals surface area contributed by atoms with Crippen molar-refractivity contribution in [3.8, 4) is 0 Å². The molecule has 3 heteroatoms. The first kappa shape index (κ1) is 11.5. The lowest BCUT2D eigenvalue weighted by atomic mass is 9.97. The molecule has 1 heterocycles. The third-order valence-corrected chi connectivity index (χ3v) is 2.39. The Morgan fingerprint density at radius 3 is 2.36 bits per heavy atom. The molecule has 1 N–H and O–H groups in total. The van der Waals surface area contributed by atoms with Gasteiger partial charge in [0, 0.05) is 19.6 Å². The van der Waals surface area contributed by atoms with Crippen molar-refractivity contribution in [2.24, 2.45) is 5.41 Å². The summed E-state index contributed by atoms with van der Waals surface area (Å²) in [6.07, 6.45) is 2.34. The summed E-state index contributed by atoms with van der Waals surface area (Å²) in [4.78, 5) is 13.5. The predicted molar refractivity (Wildman–Crippen MR) is 58.1 cm³/mol. The largest absolute Gasteiger partial charge is 0.342 e. The summed E-state index contributed by atoms with van der Waals surface area (Å²) in [5.41, 5.74) is 0.255. The summed E-state index contributed by atoms with van der Waals surface area (Å²) >= 11 is 0. The van der Waals surface area contributed by atoms with Crippen LogP contribution in [0.2, 0.25) is 0 Å². The van der Waals surface area contributed by atoms with E-state index in [1.807, 2.05) is 4.90 Å². The molecule has 3 nitrogen and oxygen atoms in total. The van der Waals surface area contributed by atoms with E-state index in [1.54, 1.807) is 0 Å². The van der Waals surface area contributed by atoms with E-state index in [9.17, 15) is 4.79 Å². The van der Waals surface area contributed by atoms with E-state index < -0.39 is 0 Å². The van der Waals surface area contributed by atoms with Crippen molar-refractivity contribution >= 4 is 5.91 Å². The molecule has 0 aliphatic carbocycles. The van der Waals surface area contributed by atoms with Gasteiger partial charge in [-0.3, -0.25) is 4.79 Å². The summed E-state index contributed by atoms with van der Waals surface area (Å²) < 4.78 is 0. The first-order valence-electron chi connectivity index (χ1n) is 5.47. The standard InChI is InChI=1S/C11H22N2O/c1-11(2,3)9-12-8-10(14)13-6-4-5-7-13/h12H,4-9H2,1-3H3. The zero-order valence-electron chi connectivity index (χ0n) is 9.60. The fraction of sp³-hybridized carbons (Fsp3) is 0.909. The van der Waals surface area contributed by atoms with E-state index in [1.165, 1.54) is 12.8 Å². The Labute approximate surface area is 86.9 Å². The lowest BCUT2D eigenvalue weighted by Gasteiger charge is -2.20. The van der Waals surface area contributed by atoms with Gasteiger partial charge in [0.15, 0.2) is 0 Å². The van der Waals surface area contributed by atoms with E-state index in [0.29, 0.717) is 6.54 Å². The molecule has 0 atom stereocenters. The molecule has 1 rings (SSSR count). The minimum absolute atomic E-state index is 0.255. The van der Waals surface area contributed by atoms with Crippen LogP contribution in [-0.4, -0.2) is 37.0 Å². The quantitative estimate of drug-likeness (QED) is 0.740. The Morgan fingerprint density at radius 2 is 1.86 bits per heavy atom. The molecule has 0 aromatic rings. The van der Waals surface area contributed by atoms with Crippen molar-refractivity contribution in [3.05, 3.63) is 0 Å². The Kier molecular flexibility index (Phi) is 3.93. The van der Waals surface area contributed by atoms with E-state index in [2.05, 4.69) is 26.1 Å². The molecule has 1 amide bonds. The minimum Gasteiger partial charge on any atom is -0.342 e. The number of hydrogen-bond donors (Lipinski definition) is 1. The van der Waals surface area contributed by atoms with Gasteiger partial charge in [-0.1, -0.05) is 20.8 Å². The Balaban J connectivity index is 2.15. The van der Waals surface area contributed by atoms with Crippen LogP contribution in [0.3, 0.4) is 0 Å². The molecule has 14 heavy (non-hydrogen) atoms. The third-order valence-electron chi connectivity index (χ3n) is 2.39. The number of amides is 1. The molecule has 0 saturated carbocycles. The van der Waals surface area contributed by atoms with Crippen LogP contribution in [0.5, 0.6) is 0 Å². The van der Waals surface area contributed by atoms with Crippen molar-refractivity contribution in [3.63, 3.8) is 0 Å². The molecule has 0 radical (unpaired) electrons. The molecule has 0 aromatic heterocycles. The smallest absolute Gasteiger partial charge is 0.236 e. The number of nitrogens with one attached hydrogen (secondary N) is 1. The SMILES string of the molecule is CC(C)(C)CNCC(=O)N1CCCC1. The van der Waals surface area contributed by atoms with E-state index in [-0.39, 0.29) is 11.3 Å². The fourth-order valence-corrected chi connectivity index (χ4v) is 1.62. The van der Waals surface area contributed by atoms with Crippen LogP contribution < -0.4 is 5.32 Å². The van der Waals surface area contributed by atoms with Gasteiger partial charge in [-0.05, 0) is 18.3 Å². The van der Waals surface area contributed by atoms with Crippen LogP contribution in [0.25, 0.3) is 0 Å². The average molecular weight is 198 g/mol. The second-order valence-corrected chi connectivity index (χ2v) is 5.25. The van der Waals surface area contributed by atoms with Gasteiger partial charge in [-0.25, -0.2) is 0 Å². The number of rotatable bonds is 3. The number of carbonyl (C=O) groups excluding carboxylic acids is 1. The van der Waals surface area contributed by atoms with E-state index >= 15 is 0 Å². The highest BCUT2D eigenvalue weighted by atomic mass is 16.2. The molecular formula is C11H22N2O. The molecule has 1 fully saturated rings. The monoisotopic (exact) mass is 198 g/mol.